The molecule has 0 saturated heterocycles. The number of H-pyrrole nitrogens is 1. The van der Waals surface area contributed by atoms with Gasteiger partial charge in [0.25, 0.3) is 11.5 Å². The van der Waals surface area contributed by atoms with Crippen molar-refractivity contribution < 1.29 is 9.21 Å². The van der Waals surface area contributed by atoms with Crippen molar-refractivity contribution in [1.82, 2.24) is 9.55 Å². The predicted molar refractivity (Wildman–Crippen MR) is 107 cm³/mol. The number of nitrogens with two attached hydrogens (primary N) is 1. The van der Waals surface area contributed by atoms with Gasteiger partial charge in [-0.1, -0.05) is 11.6 Å². The summed E-state index contributed by atoms with van der Waals surface area (Å²) in [5.74, 6) is -1.32. The smallest absolute Gasteiger partial charge is 0.407 e. The number of anilines is 1. The van der Waals surface area contributed by atoms with E-state index in [0.717, 1.165) is 5.39 Å². The summed E-state index contributed by atoms with van der Waals surface area (Å²) >= 11 is 6.01. The van der Waals surface area contributed by atoms with Crippen LogP contribution in [0.4, 0.5) is 5.69 Å². The van der Waals surface area contributed by atoms with Crippen LogP contribution in [0.15, 0.2) is 50.4 Å². The lowest BCUT2D eigenvalue weighted by Gasteiger charge is -2.09. The molecule has 4 N–H and O–H groups in total. The third-order valence-corrected chi connectivity index (χ3v) is 4.76. The van der Waals surface area contributed by atoms with Gasteiger partial charge in [-0.25, -0.2) is 4.79 Å². The number of benzene rings is 2. The molecule has 2 aromatic heterocycles. The van der Waals surface area contributed by atoms with Crippen LogP contribution in [-0.2, 0) is 13.6 Å². The Morgan fingerprint density at radius 1 is 1.25 bits per heavy atom. The molecule has 0 unspecified atom stereocenters. The zero-order valence-corrected chi connectivity index (χ0v) is 15.5. The molecule has 8 nitrogen and oxygen atoms in total. The summed E-state index contributed by atoms with van der Waals surface area (Å²) in [6.45, 7) is 0.188. The van der Waals surface area contributed by atoms with Crippen molar-refractivity contribution in [3.8, 4) is 0 Å². The fourth-order valence-corrected chi connectivity index (χ4v) is 3.24. The van der Waals surface area contributed by atoms with Crippen LogP contribution in [0.3, 0.4) is 0 Å². The van der Waals surface area contributed by atoms with Gasteiger partial charge in [-0.15, -0.1) is 0 Å². The Morgan fingerprint density at radius 3 is 2.79 bits per heavy atom. The number of nitrogens with zero attached hydrogens (tertiary/aromatic N) is 1. The zero-order valence-electron chi connectivity index (χ0n) is 14.7. The first kappa shape index (κ1) is 17.9. The highest BCUT2D eigenvalue weighted by Crippen LogP contribution is 2.24. The van der Waals surface area contributed by atoms with Crippen LogP contribution in [0.25, 0.3) is 22.0 Å². The molecule has 4 rings (SSSR count). The number of hydrogen-bond donors (Lipinski definition) is 3. The zero-order chi connectivity index (χ0) is 20.0. The van der Waals surface area contributed by atoms with E-state index in [0.29, 0.717) is 27.3 Å². The first-order chi connectivity index (χ1) is 13.3. The van der Waals surface area contributed by atoms with Crippen molar-refractivity contribution in [3.63, 3.8) is 0 Å². The Labute approximate surface area is 162 Å². The number of carbonyl (C=O) groups excluding carboxylic acids is 1. The molecule has 0 aliphatic heterocycles. The van der Waals surface area contributed by atoms with Gasteiger partial charge in [0.1, 0.15) is 0 Å². The lowest BCUT2D eigenvalue weighted by Crippen LogP contribution is -2.16. The summed E-state index contributed by atoms with van der Waals surface area (Å²) in [5, 5.41) is 4.45. The number of aromatic nitrogens is 2. The maximum Gasteiger partial charge on any atom is 0.419 e. The van der Waals surface area contributed by atoms with E-state index in [1.54, 1.807) is 30.3 Å². The average molecular weight is 399 g/mol. The number of rotatable bonds is 4. The number of fused-ring (bicyclic) bond motifs is 2. The molecule has 0 fully saturated rings. The topological polar surface area (TPSA) is 123 Å². The summed E-state index contributed by atoms with van der Waals surface area (Å²) in [6, 6.07) is 10.1. The SMILES string of the molecule is Cn1c(=O)oc2c(C(N)=O)cc(NCc3cc4cc(Cl)ccc4[nH]c3=O)cc21. The van der Waals surface area contributed by atoms with Crippen molar-refractivity contribution in [2.75, 3.05) is 5.32 Å². The third kappa shape index (κ3) is 3.03. The standard InChI is InChI=1S/C19H15ClN4O4/c1-24-15-7-12(6-13(17(21)25)16(15)28-19(24)27)22-8-10-4-9-5-11(20)2-3-14(9)23-18(10)26/h2-7,22H,8H2,1H3,(H2,21,25)(H,23,26). The van der Waals surface area contributed by atoms with Gasteiger partial charge in [0, 0.05) is 40.8 Å². The van der Waals surface area contributed by atoms with Gasteiger partial charge >= 0.3 is 5.76 Å². The number of hydrogen-bond acceptors (Lipinski definition) is 5. The van der Waals surface area contributed by atoms with Crippen LogP contribution in [-0.4, -0.2) is 15.5 Å². The number of aromatic amines is 1. The van der Waals surface area contributed by atoms with Crippen molar-refractivity contribution in [3.05, 3.63) is 73.5 Å². The molecule has 0 spiro atoms. The Morgan fingerprint density at radius 2 is 2.04 bits per heavy atom. The van der Waals surface area contributed by atoms with Crippen LogP contribution in [0.5, 0.6) is 0 Å². The molecule has 142 valence electrons. The molecule has 0 saturated carbocycles. The summed E-state index contributed by atoms with van der Waals surface area (Å²) < 4.78 is 6.37. The second kappa shape index (κ2) is 6.58. The number of primary amides is 1. The molecule has 0 bridgehead atoms. The van der Waals surface area contributed by atoms with Gasteiger partial charge in [-0.3, -0.25) is 14.2 Å². The number of amides is 1. The number of nitrogens with one attached hydrogen (secondary N) is 2. The molecule has 0 aliphatic rings. The minimum Gasteiger partial charge on any atom is -0.407 e. The molecule has 2 heterocycles. The quantitative estimate of drug-likeness (QED) is 0.487. The van der Waals surface area contributed by atoms with E-state index in [9.17, 15) is 14.4 Å². The van der Waals surface area contributed by atoms with Crippen LogP contribution in [0.1, 0.15) is 15.9 Å². The number of oxazole rings is 1. The minimum atomic E-state index is -0.721. The summed E-state index contributed by atoms with van der Waals surface area (Å²) in [6.07, 6.45) is 0. The van der Waals surface area contributed by atoms with Gasteiger partial charge in [0.2, 0.25) is 0 Å². The summed E-state index contributed by atoms with van der Waals surface area (Å²) in [4.78, 5) is 38.6. The third-order valence-electron chi connectivity index (χ3n) is 4.53. The molecule has 0 atom stereocenters. The molecule has 2 aromatic carbocycles. The molecular weight excluding hydrogens is 384 g/mol. The van der Waals surface area contributed by atoms with E-state index < -0.39 is 11.7 Å². The number of carbonyl (C=O) groups is 1. The molecule has 0 aliphatic carbocycles. The Balaban J connectivity index is 1.73. The first-order valence-electron chi connectivity index (χ1n) is 8.32. The van der Waals surface area contributed by atoms with E-state index in [1.165, 1.54) is 17.7 Å². The predicted octanol–water partition coefficient (Wildman–Crippen LogP) is 2.34. The molecule has 4 aromatic rings. The second-order valence-corrected chi connectivity index (χ2v) is 6.81. The lowest BCUT2D eigenvalue weighted by molar-refractivity contribution is 0.100. The monoisotopic (exact) mass is 398 g/mol. The molecule has 0 radical (unpaired) electrons. The Hall–Kier alpha value is -3.52. The highest BCUT2D eigenvalue weighted by atomic mass is 35.5. The fourth-order valence-electron chi connectivity index (χ4n) is 3.06. The van der Waals surface area contributed by atoms with Crippen molar-refractivity contribution in [1.29, 1.82) is 0 Å². The van der Waals surface area contributed by atoms with Crippen molar-refractivity contribution >= 4 is 45.2 Å². The van der Waals surface area contributed by atoms with Crippen LogP contribution < -0.4 is 22.4 Å². The maximum atomic E-state index is 12.3. The Kier molecular flexibility index (Phi) is 4.20. The number of pyridine rings is 1. The minimum absolute atomic E-state index is 0.0805. The molecular formula is C19H15ClN4O4. The Bertz CT molecular complexity index is 1370. The van der Waals surface area contributed by atoms with Gasteiger partial charge in [0.05, 0.1) is 11.1 Å². The highest BCUT2D eigenvalue weighted by molar-refractivity contribution is 6.31. The largest absolute Gasteiger partial charge is 0.419 e. The van der Waals surface area contributed by atoms with Crippen molar-refractivity contribution in [2.24, 2.45) is 12.8 Å². The van der Waals surface area contributed by atoms with E-state index >= 15 is 0 Å². The van der Waals surface area contributed by atoms with E-state index in [-0.39, 0.29) is 23.3 Å². The van der Waals surface area contributed by atoms with Crippen LogP contribution >= 0.6 is 11.6 Å². The molecule has 28 heavy (non-hydrogen) atoms. The molecule has 1 amide bonds. The summed E-state index contributed by atoms with van der Waals surface area (Å²) in [7, 11) is 1.53. The maximum absolute atomic E-state index is 12.3. The van der Waals surface area contributed by atoms with E-state index in [1.807, 2.05) is 0 Å². The van der Waals surface area contributed by atoms with Crippen LogP contribution in [0, 0.1) is 0 Å². The van der Waals surface area contributed by atoms with Gasteiger partial charge in [0.15, 0.2) is 5.58 Å². The first-order valence-corrected chi connectivity index (χ1v) is 8.70. The summed E-state index contributed by atoms with van der Waals surface area (Å²) in [5.41, 5.74) is 7.48. The van der Waals surface area contributed by atoms with E-state index in [4.69, 9.17) is 21.8 Å². The van der Waals surface area contributed by atoms with Crippen molar-refractivity contribution in [2.45, 2.75) is 6.54 Å². The van der Waals surface area contributed by atoms with Crippen LogP contribution in [0.2, 0.25) is 5.02 Å². The number of aryl methyl sites for hydroxylation is 1. The lowest BCUT2D eigenvalue weighted by atomic mass is 10.1. The highest BCUT2D eigenvalue weighted by Gasteiger charge is 2.16. The fraction of sp³-hybridized carbons (Fsp3) is 0.105. The van der Waals surface area contributed by atoms with Gasteiger partial charge < -0.3 is 20.5 Å². The van der Waals surface area contributed by atoms with Gasteiger partial charge in [-0.2, -0.15) is 0 Å². The second-order valence-electron chi connectivity index (χ2n) is 6.37. The molecule has 9 heteroatoms. The normalized spacial score (nSPS) is 11.2. The van der Waals surface area contributed by atoms with E-state index in [2.05, 4.69) is 10.3 Å². The van der Waals surface area contributed by atoms with Gasteiger partial charge in [-0.05, 0) is 36.4 Å². The number of halogens is 1. The average Bonchev–Trinajstić information content (AvgIpc) is 2.94.